The molecule has 0 aromatic carbocycles. The molecule has 0 fully saturated rings. The van der Waals surface area contributed by atoms with Crippen molar-refractivity contribution >= 4 is 6.09 Å². The van der Waals surface area contributed by atoms with Crippen LogP contribution in [0, 0.1) is 5.92 Å². The van der Waals surface area contributed by atoms with E-state index in [2.05, 4.69) is 113 Å². The summed E-state index contributed by atoms with van der Waals surface area (Å²) in [6, 6.07) is 0. The number of unbranched alkanes of at least 4 members (excludes halogenated alkanes) is 25. The fraction of sp³-hybridized carbons (Fsp3) is 0.787. The summed E-state index contributed by atoms with van der Waals surface area (Å²) in [5.74, 6) is 0.462. The van der Waals surface area contributed by atoms with Gasteiger partial charge in [-0.25, -0.2) is 4.79 Å². The molecule has 0 radical (unpaired) electrons. The van der Waals surface area contributed by atoms with Crippen LogP contribution in [0.5, 0.6) is 0 Å². The van der Waals surface area contributed by atoms with E-state index in [0.717, 1.165) is 51.6 Å². The Hall–Kier alpha value is -2.33. The van der Waals surface area contributed by atoms with Gasteiger partial charge in [-0.1, -0.05) is 209 Å². The van der Waals surface area contributed by atoms with Crippen LogP contribution < -0.4 is 0 Å². The summed E-state index contributed by atoms with van der Waals surface area (Å²) in [4.78, 5) is 17.6. The van der Waals surface area contributed by atoms with Crippen molar-refractivity contribution in [3.63, 3.8) is 0 Å². The monoisotopic (exact) mass is 905 g/mol. The van der Waals surface area contributed by atoms with Crippen molar-refractivity contribution in [2.45, 2.75) is 271 Å². The van der Waals surface area contributed by atoms with Gasteiger partial charge in [0, 0.05) is 13.6 Å². The Bertz CT molecular complexity index is 1150. The molecule has 2 atom stereocenters. The van der Waals surface area contributed by atoms with Gasteiger partial charge in [0.2, 0.25) is 0 Å². The third-order valence-electron chi connectivity index (χ3n) is 12.9. The minimum absolute atomic E-state index is 0.0283. The molecule has 0 heterocycles. The smallest absolute Gasteiger partial charge is 0.409 e. The predicted molar refractivity (Wildman–Crippen MR) is 292 cm³/mol. The van der Waals surface area contributed by atoms with Crippen molar-refractivity contribution in [1.29, 1.82) is 0 Å². The molecule has 4 nitrogen and oxygen atoms in total. The molecule has 4 heteroatoms. The van der Waals surface area contributed by atoms with Gasteiger partial charge < -0.3 is 14.5 Å². The second-order valence-electron chi connectivity index (χ2n) is 19.7. The molecular weight excluding hydrogens is 793 g/mol. The highest BCUT2D eigenvalue weighted by Crippen LogP contribution is 2.28. The van der Waals surface area contributed by atoms with E-state index in [-0.39, 0.29) is 12.2 Å². The van der Waals surface area contributed by atoms with E-state index in [0.29, 0.717) is 5.92 Å². The zero-order valence-corrected chi connectivity index (χ0v) is 44.6. The lowest BCUT2D eigenvalue weighted by Crippen LogP contribution is -2.36. The summed E-state index contributed by atoms with van der Waals surface area (Å²) >= 11 is 0. The number of allylic oxidation sites excluding steroid dienone is 12. The largest absolute Gasteiger partial charge is 0.446 e. The number of nitrogens with zero attached hydrogens (tertiary/aromatic N) is 2. The molecule has 0 saturated heterocycles. The maximum atomic E-state index is 13.6. The van der Waals surface area contributed by atoms with E-state index in [4.69, 9.17) is 4.74 Å². The first-order valence-corrected chi connectivity index (χ1v) is 28.4. The Morgan fingerprint density at radius 2 is 0.677 bits per heavy atom. The molecule has 0 spiro atoms. The number of ether oxygens (including phenoxy) is 1. The predicted octanol–water partition coefficient (Wildman–Crippen LogP) is 19.8. The van der Waals surface area contributed by atoms with E-state index in [1.165, 1.54) is 205 Å². The van der Waals surface area contributed by atoms with Crippen LogP contribution in [0.2, 0.25) is 0 Å². The highest BCUT2D eigenvalue weighted by Gasteiger charge is 2.26. The normalized spacial score (nSPS) is 13.4. The quantitative estimate of drug-likeness (QED) is 0.0450. The van der Waals surface area contributed by atoms with Gasteiger partial charge in [0.05, 0.1) is 0 Å². The molecule has 65 heavy (non-hydrogen) atoms. The maximum absolute atomic E-state index is 13.6. The van der Waals surface area contributed by atoms with Crippen LogP contribution in [0.15, 0.2) is 72.9 Å². The minimum atomic E-state index is -0.113. The van der Waals surface area contributed by atoms with Crippen LogP contribution >= 0.6 is 0 Å². The van der Waals surface area contributed by atoms with Crippen molar-refractivity contribution in [2.75, 3.05) is 34.2 Å². The molecule has 0 aliphatic carbocycles. The first-order valence-electron chi connectivity index (χ1n) is 28.4. The molecule has 2 unspecified atom stereocenters. The third kappa shape index (κ3) is 48.0. The number of hydrogen-bond acceptors (Lipinski definition) is 3. The molecule has 0 aliphatic heterocycles. The average Bonchev–Trinajstić information content (AvgIpc) is 3.30. The molecular formula is C61H112N2O2. The SMILES string of the molecule is CCCCCC=CCC=CCCCCCCCCC(CCCCCCCC=CCC=CCCCCC)C(CCCCCCCC=CCC=CCCCCC)OC(=O)N(C)CCCN(C)C. The lowest BCUT2D eigenvalue weighted by molar-refractivity contribution is 0.0264. The Balaban J connectivity index is 5.16. The van der Waals surface area contributed by atoms with Crippen molar-refractivity contribution in [1.82, 2.24) is 9.80 Å². The molecule has 378 valence electrons. The summed E-state index contributed by atoms with van der Waals surface area (Å²) in [5, 5.41) is 0. The number of amides is 1. The van der Waals surface area contributed by atoms with Crippen molar-refractivity contribution < 1.29 is 9.53 Å². The lowest BCUT2D eigenvalue weighted by atomic mass is 9.87. The summed E-state index contributed by atoms with van der Waals surface area (Å²) < 4.78 is 6.54. The van der Waals surface area contributed by atoms with E-state index >= 15 is 0 Å². The third-order valence-corrected chi connectivity index (χ3v) is 12.9. The fourth-order valence-corrected chi connectivity index (χ4v) is 8.61. The lowest BCUT2D eigenvalue weighted by Gasteiger charge is -2.30. The average molecular weight is 906 g/mol. The Morgan fingerprint density at radius 3 is 1.02 bits per heavy atom. The van der Waals surface area contributed by atoms with E-state index in [1.807, 2.05) is 11.9 Å². The highest BCUT2D eigenvalue weighted by molar-refractivity contribution is 5.67. The van der Waals surface area contributed by atoms with Gasteiger partial charge in [-0.3, -0.25) is 0 Å². The Morgan fingerprint density at radius 1 is 0.369 bits per heavy atom. The molecule has 0 aromatic rings. The van der Waals surface area contributed by atoms with Gasteiger partial charge in [-0.15, -0.1) is 0 Å². The standard InChI is InChI=1S/C61H112N2O2/c1-7-10-13-16-19-22-25-28-31-34-36-39-42-45-48-51-55-59(54-50-47-44-41-38-35-32-29-26-23-20-17-14-11-8-2)60(65-61(64)63(6)58-53-57-62(4)5)56-52-49-46-43-40-37-33-30-27-24-21-18-15-12-9-3/h19-24,28-33,59-60H,7-18,25-27,34-58H2,1-6H3. The summed E-state index contributed by atoms with van der Waals surface area (Å²) in [5.41, 5.74) is 0. The highest BCUT2D eigenvalue weighted by atomic mass is 16.6. The minimum Gasteiger partial charge on any atom is -0.446 e. The maximum Gasteiger partial charge on any atom is 0.409 e. The zero-order chi connectivity index (χ0) is 47.4. The van der Waals surface area contributed by atoms with E-state index in [1.54, 1.807) is 0 Å². The van der Waals surface area contributed by atoms with Gasteiger partial charge in [-0.2, -0.15) is 0 Å². The van der Waals surface area contributed by atoms with E-state index in [9.17, 15) is 4.79 Å². The van der Waals surface area contributed by atoms with Gasteiger partial charge in [0.25, 0.3) is 0 Å². The van der Waals surface area contributed by atoms with Crippen molar-refractivity contribution in [3.05, 3.63) is 72.9 Å². The second-order valence-corrected chi connectivity index (χ2v) is 19.7. The molecule has 0 N–H and O–H groups in total. The van der Waals surface area contributed by atoms with Crippen LogP contribution in [-0.4, -0.2) is 56.2 Å². The number of rotatable bonds is 49. The first kappa shape index (κ1) is 62.7. The van der Waals surface area contributed by atoms with E-state index < -0.39 is 0 Å². The van der Waals surface area contributed by atoms with Crippen LogP contribution in [0.4, 0.5) is 4.79 Å². The van der Waals surface area contributed by atoms with Gasteiger partial charge >= 0.3 is 6.09 Å². The van der Waals surface area contributed by atoms with Crippen LogP contribution in [-0.2, 0) is 4.74 Å². The molecule has 1 amide bonds. The second kappa shape index (κ2) is 52.6. The molecule has 0 rings (SSSR count). The van der Waals surface area contributed by atoms with Crippen molar-refractivity contribution in [2.24, 2.45) is 5.92 Å². The molecule has 0 saturated carbocycles. The summed E-state index contributed by atoms with van der Waals surface area (Å²) in [6.45, 7) is 8.54. The van der Waals surface area contributed by atoms with Crippen LogP contribution in [0.1, 0.15) is 265 Å². The number of hydrogen-bond donors (Lipinski definition) is 0. The molecule has 0 bridgehead atoms. The van der Waals surface area contributed by atoms with Gasteiger partial charge in [-0.05, 0) is 155 Å². The van der Waals surface area contributed by atoms with Crippen molar-refractivity contribution in [3.8, 4) is 0 Å². The molecule has 0 aliphatic rings. The van der Waals surface area contributed by atoms with Crippen LogP contribution in [0.3, 0.4) is 0 Å². The number of carbonyl (C=O) groups excluding carboxylic acids is 1. The van der Waals surface area contributed by atoms with Gasteiger partial charge in [0.1, 0.15) is 6.10 Å². The number of carbonyl (C=O) groups is 1. The van der Waals surface area contributed by atoms with Crippen LogP contribution in [0.25, 0.3) is 0 Å². The summed E-state index contributed by atoms with van der Waals surface area (Å²) in [7, 11) is 6.14. The fourth-order valence-electron chi connectivity index (χ4n) is 8.61. The zero-order valence-electron chi connectivity index (χ0n) is 44.6. The van der Waals surface area contributed by atoms with Gasteiger partial charge in [0.15, 0.2) is 0 Å². The summed E-state index contributed by atoms with van der Waals surface area (Å²) in [6.07, 6.45) is 75.5. The topological polar surface area (TPSA) is 32.8 Å². The molecule has 0 aromatic heterocycles. The first-order chi connectivity index (χ1) is 32.0. The Labute approximate surface area is 407 Å². The Kier molecular flexibility index (Phi) is 50.7.